The van der Waals surface area contributed by atoms with E-state index in [-0.39, 0.29) is 22.3 Å². The molecule has 0 unspecified atom stereocenters. The van der Waals surface area contributed by atoms with Gasteiger partial charge in [0.1, 0.15) is 4.90 Å². The molecule has 0 spiro atoms. The Bertz CT molecular complexity index is 559. The molecule has 1 aromatic heterocycles. The van der Waals surface area contributed by atoms with E-state index in [9.17, 15) is 13.2 Å². The largest absolute Gasteiger partial charge is 0.337 e. The Morgan fingerprint density at radius 2 is 2.12 bits per heavy atom. The Morgan fingerprint density at radius 3 is 2.59 bits per heavy atom. The minimum absolute atomic E-state index is 0.126. The van der Waals surface area contributed by atoms with Crippen LogP contribution in [0.3, 0.4) is 0 Å². The fourth-order valence-corrected chi connectivity index (χ4v) is 2.58. The monoisotopic (exact) mass is 258 g/mol. The van der Waals surface area contributed by atoms with E-state index in [4.69, 9.17) is 5.14 Å². The van der Waals surface area contributed by atoms with E-state index in [1.54, 1.807) is 7.05 Å². The lowest BCUT2D eigenvalue weighted by molar-refractivity contribution is 0.0775. The number of primary sulfonamides is 1. The molecule has 0 bridgehead atoms. The van der Waals surface area contributed by atoms with Crippen molar-refractivity contribution >= 4 is 15.9 Å². The molecular formula is C9H14N4O3S. The number of carbonyl (C=O) groups is 1. The zero-order valence-corrected chi connectivity index (χ0v) is 10.4. The summed E-state index contributed by atoms with van der Waals surface area (Å²) in [6.07, 6.45) is 1.88. The highest BCUT2D eigenvalue weighted by Crippen LogP contribution is 2.27. The Balaban J connectivity index is 2.42. The van der Waals surface area contributed by atoms with Gasteiger partial charge in [0.15, 0.2) is 5.69 Å². The zero-order valence-electron chi connectivity index (χ0n) is 9.60. The number of carbonyl (C=O) groups excluding carboxylic acids is 1. The second-order valence-corrected chi connectivity index (χ2v) is 5.72. The maximum Gasteiger partial charge on any atom is 0.275 e. The zero-order chi connectivity index (χ0) is 12.8. The number of H-pyrrole nitrogens is 1. The van der Waals surface area contributed by atoms with Crippen molar-refractivity contribution in [1.82, 2.24) is 15.1 Å². The Morgan fingerprint density at radius 1 is 1.53 bits per heavy atom. The summed E-state index contributed by atoms with van der Waals surface area (Å²) < 4.78 is 22.8. The van der Waals surface area contributed by atoms with Crippen LogP contribution in [0.25, 0.3) is 0 Å². The van der Waals surface area contributed by atoms with E-state index < -0.39 is 15.9 Å². The van der Waals surface area contributed by atoms with E-state index in [0.29, 0.717) is 0 Å². The minimum Gasteiger partial charge on any atom is -0.337 e. The van der Waals surface area contributed by atoms with Gasteiger partial charge >= 0.3 is 0 Å². The predicted molar refractivity (Wildman–Crippen MR) is 59.8 cm³/mol. The second kappa shape index (κ2) is 3.81. The third kappa shape index (κ3) is 2.18. The molecule has 3 N–H and O–H groups in total. The molecule has 1 aliphatic rings. The normalized spacial score (nSPS) is 15.9. The Labute approximate surface area is 99.0 Å². The van der Waals surface area contributed by atoms with Crippen molar-refractivity contribution < 1.29 is 13.2 Å². The maximum absolute atomic E-state index is 12.0. The van der Waals surface area contributed by atoms with Crippen molar-refractivity contribution in [3.05, 3.63) is 11.4 Å². The van der Waals surface area contributed by atoms with Gasteiger partial charge in [-0.1, -0.05) is 0 Å². The molecule has 1 aliphatic carbocycles. The fraction of sp³-hybridized carbons (Fsp3) is 0.556. The van der Waals surface area contributed by atoms with Crippen LogP contribution < -0.4 is 5.14 Å². The number of nitrogens with two attached hydrogens (primary N) is 1. The molecule has 1 aromatic rings. The average Bonchev–Trinajstić information content (AvgIpc) is 2.98. The highest BCUT2D eigenvalue weighted by molar-refractivity contribution is 7.89. The molecule has 0 radical (unpaired) electrons. The summed E-state index contributed by atoms with van der Waals surface area (Å²) in [5.74, 6) is -0.416. The van der Waals surface area contributed by atoms with Crippen LogP contribution in [-0.4, -0.2) is 42.5 Å². The van der Waals surface area contributed by atoms with Gasteiger partial charge < -0.3 is 4.90 Å². The third-order valence-corrected chi connectivity index (χ3v) is 3.86. The summed E-state index contributed by atoms with van der Waals surface area (Å²) in [7, 11) is -2.31. The lowest BCUT2D eigenvalue weighted by Gasteiger charge is -2.15. The molecule has 1 amide bonds. The number of aromatic nitrogens is 2. The topological polar surface area (TPSA) is 109 Å². The molecule has 2 rings (SSSR count). The maximum atomic E-state index is 12.0. The van der Waals surface area contributed by atoms with E-state index >= 15 is 0 Å². The molecule has 94 valence electrons. The number of nitrogens with zero attached hydrogens (tertiary/aromatic N) is 2. The van der Waals surface area contributed by atoms with Gasteiger partial charge in [0.05, 0.1) is 5.69 Å². The molecule has 0 saturated heterocycles. The first-order valence-corrected chi connectivity index (χ1v) is 6.72. The third-order valence-electron chi connectivity index (χ3n) is 2.79. The van der Waals surface area contributed by atoms with Crippen molar-refractivity contribution in [2.24, 2.45) is 5.14 Å². The number of rotatable bonds is 3. The molecule has 0 atom stereocenters. The summed E-state index contributed by atoms with van der Waals surface area (Å²) in [5, 5.41) is 11.3. The van der Waals surface area contributed by atoms with Crippen LogP contribution in [0.5, 0.6) is 0 Å². The van der Waals surface area contributed by atoms with E-state index in [1.807, 2.05) is 0 Å². The molecule has 17 heavy (non-hydrogen) atoms. The van der Waals surface area contributed by atoms with Crippen LogP contribution >= 0.6 is 0 Å². The predicted octanol–water partition coefficient (Wildman–Crippen LogP) is -0.400. The fourth-order valence-electron chi connectivity index (χ4n) is 1.71. The first-order valence-electron chi connectivity index (χ1n) is 5.17. The molecule has 1 saturated carbocycles. The van der Waals surface area contributed by atoms with E-state index in [2.05, 4.69) is 10.2 Å². The number of sulfonamides is 1. The van der Waals surface area contributed by atoms with Gasteiger partial charge in [-0.3, -0.25) is 9.89 Å². The van der Waals surface area contributed by atoms with Crippen molar-refractivity contribution in [2.45, 2.75) is 30.7 Å². The SMILES string of the molecule is Cc1[nH]nc(C(=O)N(C)C2CC2)c1S(N)(=O)=O. The van der Waals surface area contributed by atoms with Crippen LogP contribution in [0.15, 0.2) is 4.90 Å². The second-order valence-electron chi connectivity index (χ2n) is 4.22. The minimum atomic E-state index is -3.95. The van der Waals surface area contributed by atoms with Crippen LogP contribution in [-0.2, 0) is 10.0 Å². The lowest BCUT2D eigenvalue weighted by atomic mass is 10.3. The highest BCUT2D eigenvalue weighted by Gasteiger charge is 2.34. The van der Waals surface area contributed by atoms with Gasteiger partial charge in [0.2, 0.25) is 10.0 Å². The van der Waals surface area contributed by atoms with Gasteiger partial charge in [0.25, 0.3) is 5.91 Å². The van der Waals surface area contributed by atoms with Crippen molar-refractivity contribution in [3.8, 4) is 0 Å². The first-order chi connectivity index (χ1) is 7.82. The number of hydrogen-bond donors (Lipinski definition) is 2. The standard InChI is InChI=1S/C9H14N4O3S/c1-5-8(17(10,15)16)7(12-11-5)9(14)13(2)6-3-4-6/h6H,3-4H2,1-2H3,(H,11,12)(H2,10,15,16). The van der Waals surface area contributed by atoms with Gasteiger partial charge in [-0.05, 0) is 19.8 Å². The number of aryl methyl sites for hydroxylation is 1. The van der Waals surface area contributed by atoms with Gasteiger partial charge in [-0.15, -0.1) is 0 Å². The van der Waals surface area contributed by atoms with Gasteiger partial charge in [-0.2, -0.15) is 5.10 Å². The molecule has 0 aliphatic heterocycles. The van der Waals surface area contributed by atoms with Crippen molar-refractivity contribution in [3.63, 3.8) is 0 Å². The number of amides is 1. The van der Waals surface area contributed by atoms with Crippen LogP contribution in [0.1, 0.15) is 29.0 Å². The quantitative estimate of drug-likeness (QED) is 0.768. The van der Waals surface area contributed by atoms with Gasteiger partial charge in [0, 0.05) is 13.1 Å². The molecule has 7 nitrogen and oxygen atoms in total. The molecule has 1 heterocycles. The number of nitrogens with one attached hydrogen (secondary N) is 1. The number of aromatic amines is 1. The van der Waals surface area contributed by atoms with Crippen molar-refractivity contribution in [1.29, 1.82) is 0 Å². The Hall–Kier alpha value is -1.41. The summed E-state index contributed by atoms with van der Waals surface area (Å²) in [4.78, 5) is 13.3. The molecule has 0 aromatic carbocycles. The first kappa shape index (κ1) is 12.1. The summed E-state index contributed by atoms with van der Waals surface area (Å²) in [6.45, 7) is 1.51. The summed E-state index contributed by atoms with van der Waals surface area (Å²) >= 11 is 0. The Kier molecular flexibility index (Phi) is 2.70. The van der Waals surface area contributed by atoms with Gasteiger partial charge in [-0.25, -0.2) is 13.6 Å². The van der Waals surface area contributed by atoms with Crippen LogP contribution in [0, 0.1) is 6.92 Å². The summed E-state index contributed by atoms with van der Waals surface area (Å²) in [5.41, 5.74) is 0.152. The molecule has 8 heteroatoms. The molecular weight excluding hydrogens is 244 g/mol. The van der Waals surface area contributed by atoms with Crippen LogP contribution in [0.2, 0.25) is 0 Å². The highest BCUT2D eigenvalue weighted by atomic mass is 32.2. The van der Waals surface area contributed by atoms with E-state index in [0.717, 1.165) is 12.8 Å². The van der Waals surface area contributed by atoms with E-state index in [1.165, 1.54) is 11.8 Å². The summed E-state index contributed by atoms with van der Waals surface area (Å²) in [6, 6.07) is 0.188. The smallest absolute Gasteiger partial charge is 0.275 e. The molecule has 1 fully saturated rings. The number of hydrogen-bond acceptors (Lipinski definition) is 4. The van der Waals surface area contributed by atoms with Crippen molar-refractivity contribution in [2.75, 3.05) is 7.05 Å². The average molecular weight is 258 g/mol. The lowest BCUT2D eigenvalue weighted by Crippen LogP contribution is -2.31. The van der Waals surface area contributed by atoms with Crippen LogP contribution in [0.4, 0.5) is 0 Å².